The van der Waals surface area contributed by atoms with E-state index < -0.39 is 0 Å². The second-order valence-electron chi connectivity index (χ2n) is 3.25. The summed E-state index contributed by atoms with van der Waals surface area (Å²) in [6.45, 7) is 4.07. The number of halogens is 1. The van der Waals surface area contributed by atoms with Gasteiger partial charge in [-0.2, -0.15) is 0 Å². The molecular weight excluding hydrogens is 176 g/mol. The fourth-order valence-electron chi connectivity index (χ4n) is 2.15. The summed E-state index contributed by atoms with van der Waals surface area (Å²) in [6.07, 6.45) is 4.25. The first-order chi connectivity index (χ1) is 4.29. The average Bonchev–Trinajstić information content (AvgIpc) is 2.37. The first-order valence-corrected chi connectivity index (χ1v) is 4.53. The van der Waals surface area contributed by atoms with Gasteiger partial charge in [0.25, 0.3) is 0 Å². The van der Waals surface area contributed by atoms with Crippen LogP contribution in [0.5, 0.6) is 0 Å². The molecule has 0 aromatic carbocycles. The Kier molecular flexibility index (Phi) is 1.23. The molecule has 2 rings (SSSR count). The molecule has 0 aromatic heterocycles. The summed E-state index contributed by atoms with van der Waals surface area (Å²) in [6, 6.07) is 0. The number of rotatable bonds is 0. The summed E-state index contributed by atoms with van der Waals surface area (Å²) >= 11 is 3.66. The standard InChI is InChI=1S/C8H11Br/c1-5-6-2-3-7(4-6)8(5)9/h6-8H,1-4H2/t6-,7-,8+/m0/s1. The molecule has 50 valence electrons. The number of alkyl halides is 1. The Morgan fingerprint density at radius 1 is 1.44 bits per heavy atom. The zero-order valence-electron chi connectivity index (χ0n) is 5.44. The largest absolute Gasteiger partial charge is 0.0984 e. The van der Waals surface area contributed by atoms with Crippen LogP contribution in [0.15, 0.2) is 12.2 Å². The van der Waals surface area contributed by atoms with Gasteiger partial charge in [-0.15, -0.1) is 0 Å². The quantitative estimate of drug-likeness (QED) is 0.404. The molecule has 0 amide bonds. The SMILES string of the molecule is C=C1[C@H]2CC[C@@H](C2)[C@@H]1Br. The number of hydrogen-bond acceptors (Lipinski definition) is 0. The molecule has 2 aliphatic rings. The van der Waals surface area contributed by atoms with Crippen molar-refractivity contribution in [3.8, 4) is 0 Å². The topological polar surface area (TPSA) is 0 Å². The van der Waals surface area contributed by atoms with E-state index in [9.17, 15) is 0 Å². The van der Waals surface area contributed by atoms with Crippen LogP contribution >= 0.6 is 15.9 Å². The lowest BCUT2D eigenvalue weighted by Gasteiger charge is -2.17. The summed E-state index contributed by atoms with van der Waals surface area (Å²) in [5.41, 5.74) is 1.46. The Bertz CT molecular complexity index is 147. The van der Waals surface area contributed by atoms with Gasteiger partial charge in [-0.25, -0.2) is 0 Å². The van der Waals surface area contributed by atoms with E-state index in [4.69, 9.17) is 0 Å². The molecular formula is C8H11Br. The molecule has 0 saturated heterocycles. The molecule has 0 spiro atoms. The Morgan fingerprint density at radius 2 is 2.22 bits per heavy atom. The minimum Gasteiger partial charge on any atom is -0.0984 e. The van der Waals surface area contributed by atoms with Crippen molar-refractivity contribution in [1.29, 1.82) is 0 Å². The van der Waals surface area contributed by atoms with E-state index in [2.05, 4.69) is 22.5 Å². The highest BCUT2D eigenvalue weighted by molar-refractivity contribution is 9.09. The van der Waals surface area contributed by atoms with Crippen LogP contribution in [0.25, 0.3) is 0 Å². The van der Waals surface area contributed by atoms with Gasteiger partial charge in [-0.05, 0) is 31.1 Å². The van der Waals surface area contributed by atoms with E-state index in [0.717, 1.165) is 11.8 Å². The van der Waals surface area contributed by atoms with Crippen LogP contribution in [-0.2, 0) is 0 Å². The molecule has 2 saturated carbocycles. The van der Waals surface area contributed by atoms with E-state index >= 15 is 0 Å². The second kappa shape index (κ2) is 1.85. The van der Waals surface area contributed by atoms with Crippen LogP contribution in [-0.4, -0.2) is 4.83 Å². The minimum atomic E-state index is 0.663. The minimum absolute atomic E-state index is 0.663. The molecule has 0 nitrogen and oxygen atoms in total. The summed E-state index contributed by atoms with van der Waals surface area (Å²) in [5.74, 6) is 1.81. The summed E-state index contributed by atoms with van der Waals surface area (Å²) in [5, 5.41) is 0. The van der Waals surface area contributed by atoms with Crippen molar-refractivity contribution < 1.29 is 0 Å². The predicted molar refractivity (Wildman–Crippen MR) is 42.7 cm³/mol. The fraction of sp³-hybridized carbons (Fsp3) is 0.750. The van der Waals surface area contributed by atoms with E-state index in [1.54, 1.807) is 0 Å². The first kappa shape index (κ1) is 5.96. The van der Waals surface area contributed by atoms with Crippen molar-refractivity contribution in [2.75, 3.05) is 0 Å². The zero-order chi connectivity index (χ0) is 6.43. The molecule has 3 atom stereocenters. The first-order valence-electron chi connectivity index (χ1n) is 3.62. The third kappa shape index (κ3) is 0.706. The molecule has 1 heteroatoms. The number of fused-ring (bicyclic) bond motifs is 2. The normalized spacial score (nSPS) is 48.6. The van der Waals surface area contributed by atoms with Crippen molar-refractivity contribution >= 4 is 15.9 Å². The Balaban J connectivity index is 2.25. The van der Waals surface area contributed by atoms with Gasteiger partial charge >= 0.3 is 0 Å². The van der Waals surface area contributed by atoms with Gasteiger partial charge in [0.05, 0.1) is 0 Å². The summed E-state index contributed by atoms with van der Waals surface area (Å²) in [4.78, 5) is 0.663. The molecule has 2 bridgehead atoms. The van der Waals surface area contributed by atoms with E-state index in [-0.39, 0.29) is 0 Å². The highest BCUT2D eigenvalue weighted by atomic mass is 79.9. The van der Waals surface area contributed by atoms with Gasteiger partial charge in [-0.3, -0.25) is 0 Å². The highest BCUT2D eigenvalue weighted by Gasteiger charge is 2.40. The molecule has 0 heterocycles. The molecule has 9 heavy (non-hydrogen) atoms. The maximum atomic E-state index is 4.07. The molecule has 2 aliphatic carbocycles. The van der Waals surface area contributed by atoms with Gasteiger partial charge in [0.1, 0.15) is 0 Å². The highest BCUT2D eigenvalue weighted by Crippen LogP contribution is 2.50. The molecule has 0 aromatic rings. The Labute approximate surface area is 64.5 Å². The van der Waals surface area contributed by atoms with Crippen molar-refractivity contribution in [2.45, 2.75) is 24.1 Å². The van der Waals surface area contributed by atoms with Crippen molar-refractivity contribution in [3.63, 3.8) is 0 Å². The van der Waals surface area contributed by atoms with Gasteiger partial charge in [0, 0.05) is 4.83 Å². The van der Waals surface area contributed by atoms with Gasteiger partial charge in [-0.1, -0.05) is 28.1 Å². The molecule has 0 N–H and O–H groups in total. The zero-order valence-corrected chi connectivity index (χ0v) is 7.02. The van der Waals surface area contributed by atoms with Crippen LogP contribution in [0.2, 0.25) is 0 Å². The van der Waals surface area contributed by atoms with E-state index in [1.165, 1.54) is 24.8 Å². The maximum absolute atomic E-state index is 4.07. The van der Waals surface area contributed by atoms with Crippen LogP contribution < -0.4 is 0 Å². The van der Waals surface area contributed by atoms with Crippen LogP contribution in [0.3, 0.4) is 0 Å². The lowest BCUT2D eigenvalue weighted by molar-refractivity contribution is 0.580. The molecule has 2 fully saturated rings. The fourth-order valence-corrected chi connectivity index (χ4v) is 3.00. The Morgan fingerprint density at radius 3 is 2.56 bits per heavy atom. The molecule has 0 unspecified atom stereocenters. The lowest BCUT2D eigenvalue weighted by Crippen LogP contribution is -2.10. The van der Waals surface area contributed by atoms with Gasteiger partial charge in [0.2, 0.25) is 0 Å². The molecule has 0 aliphatic heterocycles. The smallest absolute Gasteiger partial charge is 0.0383 e. The van der Waals surface area contributed by atoms with E-state index in [0.29, 0.717) is 4.83 Å². The maximum Gasteiger partial charge on any atom is 0.0383 e. The number of hydrogen-bond donors (Lipinski definition) is 0. The van der Waals surface area contributed by atoms with Gasteiger partial charge in [0.15, 0.2) is 0 Å². The third-order valence-corrected chi connectivity index (χ3v) is 4.10. The Hall–Kier alpha value is 0.220. The van der Waals surface area contributed by atoms with Crippen molar-refractivity contribution in [2.24, 2.45) is 11.8 Å². The van der Waals surface area contributed by atoms with Crippen LogP contribution in [0.4, 0.5) is 0 Å². The van der Waals surface area contributed by atoms with Crippen molar-refractivity contribution in [1.82, 2.24) is 0 Å². The number of allylic oxidation sites excluding steroid dienone is 1. The monoisotopic (exact) mass is 186 g/mol. The lowest BCUT2D eigenvalue weighted by atomic mass is 9.96. The molecule has 0 radical (unpaired) electrons. The van der Waals surface area contributed by atoms with Crippen LogP contribution in [0, 0.1) is 11.8 Å². The summed E-state index contributed by atoms with van der Waals surface area (Å²) < 4.78 is 0. The van der Waals surface area contributed by atoms with E-state index in [1.807, 2.05) is 0 Å². The van der Waals surface area contributed by atoms with Crippen LogP contribution in [0.1, 0.15) is 19.3 Å². The van der Waals surface area contributed by atoms with Gasteiger partial charge < -0.3 is 0 Å². The van der Waals surface area contributed by atoms with Crippen molar-refractivity contribution in [3.05, 3.63) is 12.2 Å². The predicted octanol–water partition coefficient (Wildman–Crippen LogP) is 2.74. The average molecular weight is 187 g/mol. The third-order valence-electron chi connectivity index (χ3n) is 2.77. The summed E-state index contributed by atoms with van der Waals surface area (Å²) in [7, 11) is 0. The second-order valence-corrected chi connectivity index (χ2v) is 4.23.